The first-order chi connectivity index (χ1) is 16.5. The molecular weight excluding hydrogens is 680 g/mol. The van der Waals surface area contributed by atoms with Gasteiger partial charge in [-0.15, -0.1) is 0 Å². The normalized spacial score (nSPS) is 10.9. The molecule has 0 aromatic heterocycles. The van der Waals surface area contributed by atoms with E-state index in [9.17, 15) is 19.5 Å². The highest BCUT2D eigenvalue weighted by molar-refractivity contribution is 15.0. The number of aliphatic imine (C=N–C) groups is 1. The predicted octanol–water partition coefficient (Wildman–Crippen LogP) is 4.30. The lowest BCUT2D eigenvalue weighted by Crippen LogP contribution is -2.42. The molecule has 2 aromatic carbocycles. The van der Waals surface area contributed by atoms with Crippen LogP contribution in [0.2, 0.25) is 0 Å². The van der Waals surface area contributed by atoms with Crippen molar-refractivity contribution in [3.8, 4) is 0 Å². The summed E-state index contributed by atoms with van der Waals surface area (Å²) in [7, 11) is 0. The molecule has 0 saturated heterocycles. The summed E-state index contributed by atoms with van der Waals surface area (Å²) in [4.78, 5) is 39.9. The van der Waals surface area contributed by atoms with E-state index in [-0.39, 0.29) is 30.8 Å². The van der Waals surface area contributed by atoms with Gasteiger partial charge in [-0.2, -0.15) is 0 Å². The van der Waals surface area contributed by atoms with Gasteiger partial charge in [-0.3, -0.25) is 4.79 Å². The summed E-state index contributed by atoms with van der Waals surface area (Å²) in [5.74, 6) is -1.49. The Bertz CT molecular complexity index is 1040. The number of halogens is 2. The van der Waals surface area contributed by atoms with Crippen molar-refractivity contribution in [2.45, 2.75) is 33.2 Å². The van der Waals surface area contributed by atoms with Crippen LogP contribution >= 0.6 is 37.2 Å². The van der Waals surface area contributed by atoms with Crippen molar-refractivity contribution in [2.75, 3.05) is 11.9 Å². The van der Waals surface area contributed by atoms with Crippen molar-refractivity contribution in [3.05, 3.63) is 59.2 Å². The second kappa shape index (κ2) is 15.4. The Hall–Kier alpha value is -2.62. The number of aliphatic carboxylic acids is 1. The molecule has 10 nitrogen and oxygen atoms in total. The van der Waals surface area contributed by atoms with E-state index in [1.54, 1.807) is 42.5 Å². The Balaban J connectivity index is 0.00000298. The van der Waals surface area contributed by atoms with Gasteiger partial charge in [0.15, 0.2) is 5.96 Å². The van der Waals surface area contributed by atoms with Gasteiger partial charge in [-0.05, 0) is 54.3 Å². The molecule has 0 aliphatic heterocycles. The summed E-state index contributed by atoms with van der Waals surface area (Å²) in [6.07, 6.45) is -0.724. The fraction of sp³-hybridized carbons (Fsp3) is 0.304. The number of amides is 2. The molecule has 0 fully saturated rings. The molecule has 2 rings (SSSR count). The average molecular weight is 709 g/mol. The van der Waals surface area contributed by atoms with Gasteiger partial charge < -0.3 is 31.9 Å². The number of rotatable bonds is 9. The summed E-state index contributed by atoms with van der Waals surface area (Å²) in [6, 6.07) is 10.5. The van der Waals surface area contributed by atoms with E-state index in [1.807, 2.05) is 20.8 Å². The van der Waals surface area contributed by atoms with E-state index in [1.165, 1.54) is 0 Å². The van der Waals surface area contributed by atoms with E-state index in [4.69, 9.17) is 16.2 Å². The number of hydrogen-bond acceptors (Lipinski definition) is 5. The van der Waals surface area contributed by atoms with Crippen LogP contribution in [0.3, 0.4) is 0 Å². The van der Waals surface area contributed by atoms with Crippen LogP contribution in [-0.2, 0) is 16.0 Å². The van der Waals surface area contributed by atoms with Crippen LogP contribution in [0.25, 0.3) is 0 Å². The van der Waals surface area contributed by atoms with Gasteiger partial charge in [0.1, 0.15) is 6.04 Å². The number of alkyl carbamates (subject to hydrolysis) is 1. The lowest BCUT2D eigenvalue weighted by atomic mass is 10.1. The van der Waals surface area contributed by atoms with Gasteiger partial charge in [0.2, 0.25) is 0 Å². The van der Waals surface area contributed by atoms with E-state index < -0.39 is 18.1 Å². The third kappa shape index (κ3) is 11.6. The summed E-state index contributed by atoms with van der Waals surface area (Å²) in [5, 5.41) is 14.5. The number of carbonyl (C=O) groups is 3. The first-order valence-corrected chi connectivity index (χ1v) is 16.7. The molecule has 0 spiro atoms. The second-order valence-electron chi connectivity index (χ2n) is 7.98. The highest BCUT2D eigenvalue weighted by atomic mass is 128. The van der Waals surface area contributed by atoms with Crippen LogP contribution in [0.15, 0.2) is 47.5 Å². The summed E-state index contributed by atoms with van der Waals surface area (Å²) in [5.41, 5.74) is 13.7. The second-order valence-corrected chi connectivity index (χ2v) is 7.98. The van der Waals surface area contributed by atoms with Crippen LogP contribution in [-0.4, -0.2) is 41.7 Å². The fourth-order valence-electron chi connectivity index (χ4n) is 2.90. The largest absolute Gasteiger partial charge is 0.480 e. The first kappa shape index (κ1) is 30.4. The maximum absolute atomic E-state index is 12.6. The quantitative estimate of drug-likeness (QED) is 0.147. The molecule has 12 heteroatoms. The fourth-order valence-corrected chi connectivity index (χ4v) is 2.90. The monoisotopic (exact) mass is 709 g/mol. The van der Waals surface area contributed by atoms with Crippen molar-refractivity contribution in [2.24, 2.45) is 22.4 Å². The topological polar surface area (TPSA) is 169 Å². The number of guanidine groups is 1. The van der Waals surface area contributed by atoms with E-state index in [0.717, 1.165) is 5.56 Å². The minimum atomic E-state index is -1.18. The number of nitrogens with zero attached hydrogens (tertiary/aromatic N) is 1. The predicted molar refractivity (Wildman–Crippen MR) is 154 cm³/mol. The highest BCUT2D eigenvalue weighted by Gasteiger charge is 2.21. The number of aryl methyl sites for hydroxylation is 1. The molecule has 1 atom stereocenters. The zero-order valence-electron chi connectivity index (χ0n) is 19.5. The van der Waals surface area contributed by atoms with E-state index in [2.05, 4.69) is 52.9 Å². The van der Waals surface area contributed by atoms with Gasteiger partial charge >= 0.3 is 12.1 Å². The van der Waals surface area contributed by atoms with Crippen molar-refractivity contribution in [1.82, 2.24) is 5.32 Å². The SMILES string of the molecule is Cc1cc(N=C(N)N)cc(C(=O)Nc2ccc(CC(NC(=O)OCC(C)C)C(=O)O)cc2)c1.II. The Kier molecular flexibility index (Phi) is 13.4. The molecule has 0 heterocycles. The molecule has 35 heavy (non-hydrogen) atoms. The number of nitrogens with one attached hydrogen (secondary N) is 2. The van der Waals surface area contributed by atoms with E-state index in [0.29, 0.717) is 22.5 Å². The van der Waals surface area contributed by atoms with Gasteiger partial charge in [0, 0.05) is 54.9 Å². The number of anilines is 1. The number of carbonyl (C=O) groups excluding carboxylic acids is 2. The van der Waals surface area contributed by atoms with Crippen LogP contribution in [0.5, 0.6) is 0 Å². The maximum Gasteiger partial charge on any atom is 0.407 e. The molecule has 7 N–H and O–H groups in total. The number of nitrogens with two attached hydrogens (primary N) is 2. The van der Waals surface area contributed by atoms with Crippen molar-refractivity contribution < 1.29 is 24.2 Å². The minimum absolute atomic E-state index is 0.0556. The van der Waals surface area contributed by atoms with Crippen LogP contribution < -0.4 is 22.1 Å². The van der Waals surface area contributed by atoms with E-state index >= 15 is 0 Å². The Morgan fingerprint density at radius 1 is 1.09 bits per heavy atom. The van der Waals surface area contributed by atoms with Gasteiger partial charge in [-0.25, -0.2) is 14.6 Å². The molecule has 0 aliphatic carbocycles. The standard InChI is InChI=1S/C23H29N5O5.I2/c1-13(2)12-33-23(32)28-19(21(30)31)10-15-4-6-17(7-5-15)26-20(29)16-8-14(3)9-18(11-16)27-22(24)25;1-2/h4-9,11,13,19H,10,12H2,1-3H3,(H,26,29)(H,28,32)(H,30,31)(H4,24,25,27);. The van der Waals surface area contributed by atoms with Crippen molar-refractivity contribution >= 4 is 72.5 Å². The summed E-state index contributed by atoms with van der Waals surface area (Å²) in [6.45, 7) is 5.78. The third-order valence-corrected chi connectivity index (χ3v) is 4.37. The summed E-state index contributed by atoms with van der Waals surface area (Å²) < 4.78 is 4.98. The molecule has 0 aliphatic rings. The van der Waals surface area contributed by atoms with Crippen LogP contribution in [0.4, 0.5) is 16.2 Å². The summed E-state index contributed by atoms with van der Waals surface area (Å²) >= 11 is 4.24. The molecule has 0 bridgehead atoms. The Morgan fingerprint density at radius 2 is 1.71 bits per heavy atom. The first-order valence-electron chi connectivity index (χ1n) is 10.5. The molecule has 1 unspecified atom stereocenters. The Morgan fingerprint density at radius 3 is 2.26 bits per heavy atom. The maximum atomic E-state index is 12.6. The number of hydrogen-bond donors (Lipinski definition) is 5. The third-order valence-electron chi connectivity index (χ3n) is 4.37. The lowest BCUT2D eigenvalue weighted by molar-refractivity contribution is -0.139. The minimum Gasteiger partial charge on any atom is -0.480 e. The zero-order chi connectivity index (χ0) is 26.5. The number of benzene rings is 2. The lowest BCUT2D eigenvalue weighted by Gasteiger charge is -2.16. The average Bonchev–Trinajstić information content (AvgIpc) is 2.79. The molecule has 2 aromatic rings. The molecule has 0 radical (unpaired) electrons. The molecule has 0 saturated carbocycles. The molecule has 2 amide bonds. The van der Waals surface area contributed by atoms with Gasteiger partial charge in [0.05, 0.1) is 12.3 Å². The number of ether oxygens (including phenoxy) is 1. The zero-order valence-corrected chi connectivity index (χ0v) is 23.9. The van der Waals surface area contributed by atoms with Crippen LogP contribution in [0, 0.1) is 12.8 Å². The van der Waals surface area contributed by atoms with Crippen molar-refractivity contribution in [3.63, 3.8) is 0 Å². The molecular formula is C23H29I2N5O5. The Labute approximate surface area is 227 Å². The number of carboxylic acid groups (broad SMARTS) is 1. The van der Waals surface area contributed by atoms with Crippen molar-refractivity contribution in [1.29, 1.82) is 0 Å². The molecule has 190 valence electrons. The van der Waals surface area contributed by atoms with Crippen LogP contribution in [0.1, 0.15) is 35.3 Å². The van der Waals surface area contributed by atoms with Gasteiger partial charge in [0.25, 0.3) is 5.91 Å². The number of carboxylic acids is 1. The highest BCUT2D eigenvalue weighted by Crippen LogP contribution is 2.19. The van der Waals surface area contributed by atoms with Gasteiger partial charge in [-0.1, -0.05) is 26.0 Å². The smallest absolute Gasteiger partial charge is 0.407 e.